The van der Waals surface area contributed by atoms with Crippen molar-refractivity contribution in [2.75, 3.05) is 0 Å². The lowest BCUT2D eigenvalue weighted by Crippen LogP contribution is -2.28. The van der Waals surface area contributed by atoms with Crippen LogP contribution in [0.4, 0.5) is 0 Å². The maximum atomic E-state index is 2.38. The lowest BCUT2D eigenvalue weighted by atomic mass is 9.85. The fourth-order valence-electron chi connectivity index (χ4n) is 2.14. The van der Waals surface area contributed by atoms with E-state index in [1.165, 1.54) is 11.1 Å². The predicted molar refractivity (Wildman–Crippen MR) is 68.7 cm³/mol. The van der Waals surface area contributed by atoms with Crippen LogP contribution in [0.1, 0.15) is 37.5 Å². The van der Waals surface area contributed by atoms with Crippen molar-refractivity contribution in [3.05, 3.63) is 28.8 Å². The van der Waals surface area contributed by atoms with Gasteiger partial charge in [0.05, 0.1) is 9.52 Å². The van der Waals surface area contributed by atoms with E-state index in [1.807, 2.05) is 0 Å². The average Bonchev–Trinajstić information content (AvgIpc) is 2.01. The summed E-state index contributed by atoms with van der Waals surface area (Å²) in [6.45, 7) is 13.8. The minimum atomic E-state index is -0.0624. The Bertz CT molecular complexity index is 332. The molecule has 14 heavy (non-hydrogen) atoms. The van der Waals surface area contributed by atoms with Gasteiger partial charge in [-0.15, -0.1) is 0 Å². The normalized spacial score (nSPS) is 12.7. The molecule has 1 heteroatoms. The third-order valence-electron chi connectivity index (χ3n) is 2.78. The third-order valence-corrected chi connectivity index (χ3v) is 4.42. The van der Waals surface area contributed by atoms with E-state index < -0.39 is 0 Å². The molecule has 0 fully saturated rings. The van der Waals surface area contributed by atoms with E-state index in [0.717, 1.165) is 0 Å². The summed E-state index contributed by atoms with van der Waals surface area (Å²) in [5.41, 5.74) is 4.78. The van der Waals surface area contributed by atoms with Crippen LogP contribution >= 0.6 is 0 Å². The molecule has 0 amide bonds. The summed E-state index contributed by atoms with van der Waals surface area (Å²) in [6.07, 6.45) is 0. The van der Waals surface area contributed by atoms with Crippen LogP contribution in [-0.4, -0.2) is 9.52 Å². The van der Waals surface area contributed by atoms with Crippen LogP contribution in [0.2, 0.25) is 6.55 Å². The lowest BCUT2D eigenvalue weighted by Gasteiger charge is -2.24. The topological polar surface area (TPSA) is 0 Å². The summed E-state index contributed by atoms with van der Waals surface area (Å²) in [5, 5.41) is 1.67. The Morgan fingerprint density at radius 1 is 1.07 bits per heavy atom. The van der Waals surface area contributed by atoms with Gasteiger partial charge in [0.15, 0.2) is 0 Å². The molecule has 0 unspecified atom stereocenters. The van der Waals surface area contributed by atoms with E-state index in [9.17, 15) is 0 Å². The fourth-order valence-corrected chi connectivity index (χ4v) is 3.81. The second kappa shape index (κ2) is 3.89. The number of aryl methyl sites for hydroxylation is 2. The Morgan fingerprint density at radius 3 is 2.07 bits per heavy atom. The van der Waals surface area contributed by atoms with E-state index >= 15 is 0 Å². The van der Waals surface area contributed by atoms with Gasteiger partial charge in [-0.3, -0.25) is 0 Å². The van der Waals surface area contributed by atoms with Crippen molar-refractivity contribution in [3.8, 4) is 0 Å². The first-order valence-corrected chi connectivity index (χ1v) is 7.59. The summed E-state index contributed by atoms with van der Waals surface area (Å²) in [4.78, 5) is 0. The molecule has 0 aromatic heterocycles. The van der Waals surface area contributed by atoms with Gasteiger partial charge in [-0.05, 0) is 24.8 Å². The summed E-state index contributed by atoms with van der Waals surface area (Å²) in [7, 11) is -0.0624. The van der Waals surface area contributed by atoms with Gasteiger partial charge in [0.2, 0.25) is 0 Å². The molecule has 0 aliphatic heterocycles. The molecule has 0 atom stereocenters. The molecule has 1 rings (SSSR count). The van der Waals surface area contributed by atoms with Crippen molar-refractivity contribution < 1.29 is 0 Å². The highest BCUT2D eigenvalue weighted by molar-refractivity contribution is 6.53. The van der Waals surface area contributed by atoms with Crippen molar-refractivity contribution in [2.45, 2.75) is 46.6 Å². The molecule has 0 aliphatic rings. The van der Waals surface area contributed by atoms with Crippen LogP contribution < -0.4 is 5.19 Å². The SMILES string of the molecule is C[SiH2]c1c(C)cc(C)cc1C(C)(C)C. The molecule has 0 bridgehead atoms. The summed E-state index contributed by atoms with van der Waals surface area (Å²) in [6, 6.07) is 4.69. The molecule has 0 aliphatic carbocycles. The largest absolute Gasteiger partial charge is 0.0708 e. The Labute approximate surface area is 90.6 Å². The molecule has 1 aromatic rings. The standard InChI is InChI=1S/C13H22Si/c1-9-7-10(2)12(14-6)11(8-9)13(3,4)5/h7-8H,14H2,1-6H3. The molecule has 0 saturated heterocycles. The molecule has 0 radical (unpaired) electrons. The van der Waals surface area contributed by atoms with Gasteiger partial charge in [0, 0.05) is 0 Å². The van der Waals surface area contributed by atoms with Crippen molar-refractivity contribution >= 4 is 14.7 Å². The van der Waals surface area contributed by atoms with Gasteiger partial charge in [0.1, 0.15) is 0 Å². The van der Waals surface area contributed by atoms with Gasteiger partial charge in [0.25, 0.3) is 0 Å². The summed E-state index contributed by atoms with van der Waals surface area (Å²) >= 11 is 0. The summed E-state index contributed by atoms with van der Waals surface area (Å²) in [5.74, 6) is 0. The van der Waals surface area contributed by atoms with Crippen LogP contribution in [-0.2, 0) is 5.41 Å². The third kappa shape index (κ3) is 2.27. The molecule has 0 N–H and O–H groups in total. The van der Waals surface area contributed by atoms with Gasteiger partial charge in [-0.25, -0.2) is 0 Å². The van der Waals surface area contributed by atoms with Crippen LogP contribution in [0.25, 0.3) is 0 Å². The first kappa shape index (κ1) is 11.5. The van der Waals surface area contributed by atoms with Crippen molar-refractivity contribution in [3.63, 3.8) is 0 Å². The Balaban J connectivity index is 3.40. The van der Waals surface area contributed by atoms with Crippen LogP contribution in [0.3, 0.4) is 0 Å². The Morgan fingerprint density at radius 2 is 1.64 bits per heavy atom. The molecule has 78 valence electrons. The zero-order valence-corrected chi connectivity index (χ0v) is 11.8. The number of hydrogen-bond donors (Lipinski definition) is 0. The molecule has 0 spiro atoms. The zero-order valence-electron chi connectivity index (χ0n) is 10.4. The van der Waals surface area contributed by atoms with Crippen LogP contribution in [0, 0.1) is 13.8 Å². The first-order valence-electron chi connectivity index (χ1n) is 5.47. The van der Waals surface area contributed by atoms with Crippen LogP contribution in [0.15, 0.2) is 12.1 Å². The minimum absolute atomic E-state index is 0.0624. The number of rotatable bonds is 1. The molecule has 0 heterocycles. The maximum Gasteiger partial charge on any atom is 0.0524 e. The Kier molecular flexibility index (Phi) is 3.20. The second-order valence-corrected chi connectivity index (χ2v) is 6.63. The molecular formula is C13H22Si. The van der Waals surface area contributed by atoms with E-state index in [-0.39, 0.29) is 9.52 Å². The quantitative estimate of drug-likeness (QED) is 0.619. The van der Waals surface area contributed by atoms with Gasteiger partial charge in [-0.2, -0.15) is 0 Å². The van der Waals surface area contributed by atoms with Gasteiger partial charge < -0.3 is 0 Å². The van der Waals surface area contributed by atoms with E-state index in [2.05, 4.69) is 53.3 Å². The minimum Gasteiger partial charge on any atom is -0.0708 e. The van der Waals surface area contributed by atoms with Crippen molar-refractivity contribution in [1.29, 1.82) is 0 Å². The van der Waals surface area contributed by atoms with Crippen LogP contribution in [0.5, 0.6) is 0 Å². The highest BCUT2D eigenvalue weighted by Gasteiger charge is 2.18. The highest BCUT2D eigenvalue weighted by atomic mass is 28.2. The first-order chi connectivity index (χ1) is 6.36. The molecule has 0 saturated carbocycles. The lowest BCUT2D eigenvalue weighted by molar-refractivity contribution is 0.593. The molecule has 1 aromatic carbocycles. The van der Waals surface area contributed by atoms with Gasteiger partial charge >= 0.3 is 0 Å². The molecular weight excluding hydrogens is 184 g/mol. The van der Waals surface area contributed by atoms with E-state index in [0.29, 0.717) is 5.41 Å². The highest BCUT2D eigenvalue weighted by Crippen LogP contribution is 2.22. The molecule has 0 nitrogen and oxygen atoms in total. The number of hydrogen-bond acceptors (Lipinski definition) is 0. The zero-order chi connectivity index (χ0) is 10.9. The van der Waals surface area contributed by atoms with Crippen molar-refractivity contribution in [1.82, 2.24) is 0 Å². The predicted octanol–water partition coefficient (Wildman–Crippen LogP) is 2.44. The van der Waals surface area contributed by atoms with E-state index in [4.69, 9.17) is 0 Å². The summed E-state index contributed by atoms with van der Waals surface area (Å²) < 4.78 is 0. The van der Waals surface area contributed by atoms with Gasteiger partial charge in [-0.1, -0.05) is 55.8 Å². The maximum absolute atomic E-state index is 2.38. The smallest absolute Gasteiger partial charge is 0.0524 e. The average molecular weight is 206 g/mol. The van der Waals surface area contributed by atoms with Crippen molar-refractivity contribution in [2.24, 2.45) is 0 Å². The monoisotopic (exact) mass is 206 g/mol. The second-order valence-electron chi connectivity index (χ2n) is 5.21. The van der Waals surface area contributed by atoms with E-state index in [1.54, 1.807) is 10.8 Å². The fraction of sp³-hybridized carbons (Fsp3) is 0.538. The Hall–Kier alpha value is -0.563. The number of benzene rings is 1.